The molecule has 0 aliphatic rings. The molecule has 0 spiro atoms. The van der Waals surface area contributed by atoms with E-state index in [0.29, 0.717) is 31.0 Å². The van der Waals surface area contributed by atoms with Gasteiger partial charge >= 0.3 is 0 Å². The number of rotatable bonds is 14. The zero-order chi connectivity index (χ0) is 21.6. The van der Waals surface area contributed by atoms with Gasteiger partial charge in [-0.1, -0.05) is 38.3 Å². The van der Waals surface area contributed by atoms with E-state index < -0.39 is 0 Å². The third-order valence-electron chi connectivity index (χ3n) is 4.99. The molecule has 0 saturated heterocycles. The Morgan fingerprint density at radius 2 is 1.83 bits per heavy atom. The summed E-state index contributed by atoms with van der Waals surface area (Å²) < 4.78 is 0. The van der Waals surface area contributed by atoms with Gasteiger partial charge in [0.1, 0.15) is 0 Å². The SMILES string of the molecule is CCCCCc1cccc(C(=O)NCCNC(=O)CCCCCc2cnc(N)[nH]2)c1. The molecule has 1 aromatic heterocycles. The van der Waals surface area contributed by atoms with E-state index in [1.165, 1.54) is 18.4 Å². The van der Waals surface area contributed by atoms with Gasteiger partial charge in [0.25, 0.3) is 5.91 Å². The van der Waals surface area contributed by atoms with Gasteiger partial charge in [-0.2, -0.15) is 0 Å². The minimum absolute atomic E-state index is 0.0213. The zero-order valence-electron chi connectivity index (χ0n) is 18.0. The van der Waals surface area contributed by atoms with Crippen LogP contribution in [-0.4, -0.2) is 34.9 Å². The third kappa shape index (κ3) is 9.11. The Balaban J connectivity index is 1.54. The van der Waals surface area contributed by atoms with Crippen molar-refractivity contribution in [2.45, 2.75) is 64.7 Å². The molecule has 1 aromatic carbocycles. The summed E-state index contributed by atoms with van der Waals surface area (Å²) in [5.41, 5.74) is 8.44. The first kappa shape index (κ1) is 23.4. The number of aromatic amines is 1. The lowest BCUT2D eigenvalue weighted by atomic mass is 10.0. The van der Waals surface area contributed by atoms with Gasteiger partial charge in [-0.3, -0.25) is 9.59 Å². The molecule has 164 valence electrons. The number of carbonyl (C=O) groups is 2. The number of anilines is 1. The molecule has 0 unspecified atom stereocenters. The van der Waals surface area contributed by atoms with Crippen LogP contribution >= 0.6 is 0 Å². The lowest BCUT2D eigenvalue weighted by Gasteiger charge is -2.08. The van der Waals surface area contributed by atoms with Crippen LogP contribution in [0.1, 0.15) is 73.5 Å². The number of nitrogens with zero attached hydrogens (tertiary/aromatic N) is 1. The van der Waals surface area contributed by atoms with Crippen LogP contribution < -0.4 is 16.4 Å². The predicted octanol–water partition coefficient (Wildman–Crippen LogP) is 3.37. The molecule has 0 aliphatic heterocycles. The number of benzene rings is 1. The number of nitrogens with one attached hydrogen (secondary N) is 3. The first-order chi connectivity index (χ1) is 14.6. The van der Waals surface area contributed by atoms with Crippen LogP contribution in [-0.2, 0) is 17.6 Å². The van der Waals surface area contributed by atoms with Crippen molar-refractivity contribution in [3.63, 3.8) is 0 Å². The summed E-state index contributed by atoms with van der Waals surface area (Å²) in [4.78, 5) is 31.2. The normalized spacial score (nSPS) is 10.7. The molecule has 0 aliphatic carbocycles. The highest BCUT2D eigenvalue weighted by atomic mass is 16.2. The van der Waals surface area contributed by atoms with Crippen LogP contribution in [0.4, 0.5) is 5.95 Å². The maximum Gasteiger partial charge on any atom is 0.251 e. The van der Waals surface area contributed by atoms with E-state index in [1.807, 2.05) is 18.2 Å². The van der Waals surface area contributed by atoms with Crippen molar-refractivity contribution in [1.82, 2.24) is 20.6 Å². The summed E-state index contributed by atoms with van der Waals surface area (Å²) in [5.74, 6) is 0.366. The number of imidazole rings is 1. The highest BCUT2D eigenvalue weighted by Gasteiger charge is 2.07. The Bertz CT molecular complexity index is 787. The molecule has 0 radical (unpaired) electrons. The number of carbonyl (C=O) groups excluding carboxylic acids is 2. The minimum Gasteiger partial charge on any atom is -0.369 e. The summed E-state index contributed by atoms with van der Waals surface area (Å²) >= 11 is 0. The largest absolute Gasteiger partial charge is 0.369 e. The van der Waals surface area contributed by atoms with E-state index in [0.717, 1.165) is 44.2 Å². The molecule has 2 aromatic rings. The van der Waals surface area contributed by atoms with E-state index in [2.05, 4.69) is 33.6 Å². The highest BCUT2D eigenvalue weighted by Crippen LogP contribution is 2.10. The Hall–Kier alpha value is -2.83. The molecule has 2 rings (SSSR count). The van der Waals surface area contributed by atoms with Gasteiger partial charge in [-0.05, 0) is 49.8 Å². The molecule has 0 saturated carbocycles. The van der Waals surface area contributed by atoms with E-state index in [1.54, 1.807) is 6.20 Å². The first-order valence-electron chi connectivity index (χ1n) is 11.0. The average Bonchev–Trinajstić information content (AvgIpc) is 3.16. The summed E-state index contributed by atoms with van der Waals surface area (Å²) in [5, 5.41) is 5.73. The maximum absolute atomic E-state index is 12.3. The van der Waals surface area contributed by atoms with Crippen LogP contribution in [0.5, 0.6) is 0 Å². The fourth-order valence-electron chi connectivity index (χ4n) is 3.30. The van der Waals surface area contributed by atoms with E-state index in [9.17, 15) is 9.59 Å². The van der Waals surface area contributed by atoms with Crippen LogP contribution in [0.15, 0.2) is 30.5 Å². The number of amides is 2. The van der Waals surface area contributed by atoms with Crippen LogP contribution in [0.2, 0.25) is 0 Å². The first-order valence-corrected chi connectivity index (χ1v) is 11.0. The molecule has 7 heteroatoms. The Kier molecular flexibility index (Phi) is 10.5. The molecule has 0 bridgehead atoms. The van der Waals surface area contributed by atoms with Gasteiger partial charge in [-0.25, -0.2) is 4.98 Å². The topological polar surface area (TPSA) is 113 Å². The molecule has 5 N–H and O–H groups in total. The summed E-state index contributed by atoms with van der Waals surface area (Å²) in [7, 11) is 0. The van der Waals surface area contributed by atoms with Crippen molar-refractivity contribution >= 4 is 17.8 Å². The van der Waals surface area contributed by atoms with Gasteiger partial charge in [0, 0.05) is 30.8 Å². The zero-order valence-corrected chi connectivity index (χ0v) is 18.0. The average molecular weight is 414 g/mol. The van der Waals surface area contributed by atoms with Gasteiger partial charge in [0.15, 0.2) is 5.95 Å². The van der Waals surface area contributed by atoms with Crippen molar-refractivity contribution in [3.05, 3.63) is 47.3 Å². The van der Waals surface area contributed by atoms with Crippen molar-refractivity contribution in [1.29, 1.82) is 0 Å². The number of aryl methyl sites for hydroxylation is 2. The van der Waals surface area contributed by atoms with Gasteiger partial charge in [0.05, 0.1) is 6.20 Å². The molecular weight excluding hydrogens is 378 g/mol. The number of hydrogen-bond donors (Lipinski definition) is 4. The fourth-order valence-corrected chi connectivity index (χ4v) is 3.30. The van der Waals surface area contributed by atoms with E-state index >= 15 is 0 Å². The van der Waals surface area contributed by atoms with Crippen molar-refractivity contribution in [2.24, 2.45) is 0 Å². The fraction of sp³-hybridized carbons (Fsp3) is 0.522. The number of nitrogens with two attached hydrogens (primary N) is 1. The third-order valence-corrected chi connectivity index (χ3v) is 4.99. The molecule has 0 fully saturated rings. The number of aromatic nitrogens is 2. The Morgan fingerprint density at radius 3 is 2.60 bits per heavy atom. The molecule has 30 heavy (non-hydrogen) atoms. The summed E-state index contributed by atoms with van der Waals surface area (Å²) in [6.45, 7) is 3.04. The molecule has 7 nitrogen and oxygen atoms in total. The summed E-state index contributed by atoms with van der Waals surface area (Å²) in [6.07, 6.45) is 10.5. The van der Waals surface area contributed by atoms with Crippen LogP contribution in [0.25, 0.3) is 0 Å². The summed E-state index contributed by atoms with van der Waals surface area (Å²) in [6, 6.07) is 7.78. The van der Waals surface area contributed by atoms with Crippen molar-refractivity contribution in [3.8, 4) is 0 Å². The second-order valence-electron chi connectivity index (χ2n) is 7.62. The van der Waals surface area contributed by atoms with E-state index in [-0.39, 0.29) is 11.8 Å². The van der Waals surface area contributed by atoms with Gasteiger partial charge in [0.2, 0.25) is 5.91 Å². The quantitative estimate of drug-likeness (QED) is 0.356. The smallest absolute Gasteiger partial charge is 0.251 e. The highest BCUT2D eigenvalue weighted by molar-refractivity contribution is 5.94. The van der Waals surface area contributed by atoms with Crippen molar-refractivity contribution in [2.75, 3.05) is 18.8 Å². The number of hydrogen-bond acceptors (Lipinski definition) is 4. The Labute approximate surface area is 179 Å². The minimum atomic E-state index is -0.0963. The second kappa shape index (κ2) is 13.4. The maximum atomic E-state index is 12.3. The van der Waals surface area contributed by atoms with Gasteiger partial charge < -0.3 is 21.4 Å². The lowest BCUT2D eigenvalue weighted by Crippen LogP contribution is -2.34. The monoisotopic (exact) mass is 413 g/mol. The molecule has 1 heterocycles. The number of unbranched alkanes of at least 4 members (excludes halogenated alkanes) is 4. The second-order valence-corrected chi connectivity index (χ2v) is 7.62. The van der Waals surface area contributed by atoms with Crippen LogP contribution in [0.3, 0.4) is 0 Å². The lowest BCUT2D eigenvalue weighted by molar-refractivity contribution is -0.121. The molecular formula is C23H35N5O2. The Morgan fingerprint density at radius 1 is 1.03 bits per heavy atom. The number of nitrogen functional groups attached to an aromatic ring is 1. The van der Waals surface area contributed by atoms with Crippen molar-refractivity contribution < 1.29 is 9.59 Å². The van der Waals surface area contributed by atoms with Gasteiger partial charge in [-0.15, -0.1) is 0 Å². The number of H-pyrrole nitrogens is 1. The predicted molar refractivity (Wildman–Crippen MR) is 120 cm³/mol. The van der Waals surface area contributed by atoms with E-state index in [4.69, 9.17) is 5.73 Å². The standard InChI is InChI=1S/C23H35N5O2/c1-2-3-5-9-18-10-8-11-19(16-18)22(30)26-15-14-25-21(29)13-7-4-6-12-20-17-27-23(24)28-20/h8,10-11,16-17H,2-7,9,12-15H2,1H3,(H,25,29)(H,26,30)(H3,24,27,28). The molecule has 2 amide bonds. The van der Waals surface area contributed by atoms with Crippen LogP contribution in [0, 0.1) is 0 Å². The molecule has 0 atom stereocenters.